The number of anilines is 1. The van der Waals surface area contributed by atoms with Crippen LogP contribution in [-0.2, 0) is 22.4 Å². The molecular weight excluding hydrogens is 318 g/mol. The van der Waals surface area contributed by atoms with Gasteiger partial charge in [-0.3, -0.25) is 4.79 Å². The summed E-state index contributed by atoms with van der Waals surface area (Å²) in [4.78, 5) is 23.8. The smallest absolute Gasteiger partial charge is 0.337 e. The zero-order chi connectivity index (χ0) is 17.8. The number of ether oxygens (including phenoxy) is 2. The van der Waals surface area contributed by atoms with Crippen molar-refractivity contribution in [3.8, 4) is 5.75 Å². The molecule has 0 bridgehead atoms. The number of amides is 1. The van der Waals surface area contributed by atoms with Crippen molar-refractivity contribution in [3.63, 3.8) is 0 Å². The number of nitrogens with one attached hydrogen (secondary N) is 1. The van der Waals surface area contributed by atoms with Gasteiger partial charge in [0.15, 0.2) is 6.61 Å². The molecule has 130 valence electrons. The van der Waals surface area contributed by atoms with Gasteiger partial charge in [0.1, 0.15) is 5.75 Å². The van der Waals surface area contributed by atoms with E-state index in [0.717, 1.165) is 18.4 Å². The van der Waals surface area contributed by atoms with Crippen molar-refractivity contribution < 1.29 is 19.1 Å². The number of hydrogen-bond donors (Lipinski definition) is 1. The number of hydrogen-bond acceptors (Lipinski definition) is 4. The van der Waals surface area contributed by atoms with Crippen molar-refractivity contribution in [2.45, 2.75) is 26.2 Å². The first kappa shape index (κ1) is 17.0. The Morgan fingerprint density at radius 2 is 1.88 bits per heavy atom. The van der Waals surface area contributed by atoms with E-state index >= 15 is 0 Å². The topological polar surface area (TPSA) is 64.6 Å². The highest BCUT2D eigenvalue weighted by atomic mass is 16.5. The van der Waals surface area contributed by atoms with E-state index < -0.39 is 5.97 Å². The molecule has 1 N–H and O–H groups in total. The monoisotopic (exact) mass is 339 g/mol. The Hall–Kier alpha value is -2.82. The fourth-order valence-corrected chi connectivity index (χ4v) is 2.97. The van der Waals surface area contributed by atoms with Crippen LogP contribution in [0.4, 0.5) is 5.69 Å². The number of methoxy groups -OCH3 is 1. The van der Waals surface area contributed by atoms with Crippen LogP contribution in [-0.4, -0.2) is 25.6 Å². The molecule has 2 aromatic rings. The number of carbonyl (C=O) groups excluding carboxylic acids is 2. The van der Waals surface area contributed by atoms with Gasteiger partial charge in [0.05, 0.1) is 12.7 Å². The Kier molecular flexibility index (Phi) is 5.03. The van der Waals surface area contributed by atoms with Crippen LogP contribution >= 0.6 is 0 Å². The van der Waals surface area contributed by atoms with Crippen LogP contribution in [0.3, 0.4) is 0 Å². The van der Waals surface area contributed by atoms with Gasteiger partial charge < -0.3 is 14.8 Å². The van der Waals surface area contributed by atoms with Gasteiger partial charge in [0.2, 0.25) is 0 Å². The molecule has 0 spiro atoms. The maximum absolute atomic E-state index is 12.2. The van der Waals surface area contributed by atoms with Crippen molar-refractivity contribution in [3.05, 3.63) is 58.7 Å². The summed E-state index contributed by atoms with van der Waals surface area (Å²) in [5, 5.41) is 2.78. The summed E-state index contributed by atoms with van der Waals surface area (Å²) in [6.45, 7) is 1.78. The first-order chi connectivity index (χ1) is 12.1. The lowest BCUT2D eigenvalue weighted by atomic mass is 10.1. The Morgan fingerprint density at radius 3 is 2.68 bits per heavy atom. The van der Waals surface area contributed by atoms with Crippen LogP contribution in [0.2, 0.25) is 0 Å². The molecule has 0 aromatic heterocycles. The summed E-state index contributed by atoms with van der Waals surface area (Å²) in [6, 6.07) is 11.0. The van der Waals surface area contributed by atoms with Crippen molar-refractivity contribution in [2.24, 2.45) is 0 Å². The third-order valence-electron chi connectivity index (χ3n) is 4.37. The Bertz CT molecular complexity index is 813. The van der Waals surface area contributed by atoms with Gasteiger partial charge in [-0.15, -0.1) is 0 Å². The van der Waals surface area contributed by atoms with E-state index in [2.05, 4.69) is 11.4 Å². The molecule has 0 atom stereocenters. The zero-order valence-corrected chi connectivity index (χ0v) is 14.4. The highest BCUT2D eigenvalue weighted by Crippen LogP contribution is 2.26. The molecule has 0 unspecified atom stereocenters. The lowest BCUT2D eigenvalue weighted by Crippen LogP contribution is -2.21. The SMILES string of the molecule is COC(=O)c1ccc(C)c(NC(=O)COc2ccc3c(c2)CCC3)c1. The largest absolute Gasteiger partial charge is 0.484 e. The van der Waals surface area contributed by atoms with Crippen LogP contribution in [0.15, 0.2) is 36.4 Å². The molecule has 1 aliphatic carbocycles. The minimum Gasteiger partial charge on any atom is -0.484 e. The van der Waals surface area contributed by atoms with Gasteiger partial charge in [0, 0.05) is 5.69 Å². The summed E-state index contributed by atoms with van der Waals surface area (Å²) >= 11 is 0. The minimum atomic E-state index is -0.440. The Labute approximate surface area is 147 Å². The van der Waals surface area contributed by atoms with Gasteiger partial charge >= 0.3 is 5.97 Å². The zero-order valence-electron chi connectivity index (χ0n) is 14.4. The molecule has 0 saturated heterocycles. The second-order valence-corrected chi connectivity index (χ2v) is 6.14. The van der Waals surface area contributed by atoms with E-state index in [-0.39, 0.29) is 12.5 Å². The van der Waals surface area contributed by atoms with E-state index in [4.69, 9.17) is 9.47 Å². The highest BCUT2D eigenvalue weighted by Gasteiger charge is 2.13. The maximum atomic E-state index is 12.2. The molecule has 0 aliphatic heterocycles. The molecule has 0 radical (unpaired) electrons. The quantitative estimate of drug-likeness (QED) is 0.849. The van der Waals surface area contributed by atoms with Gasteiger partial charge in [-0.25, -0.2) is 4.79 Å². The first-order valence-electron chi connectivity index (χ1n) is 8.30. The van der Waals surface area contributed by atoms with E-state index in [9.17, 15) is 9.59 Å². The van der Waals surface area contributed by atoms with Crippen molar-refractivity contribution >= 4 is 17.6 Å². The fraction of sp³-hybridized carbons (Fsp3) is 0.300. The normalized spacial score (nSPS) is 12.4. The average molecular weight is 339 g/mol. The minimum absolute atomic E-state index is 0.0827. The molecule has 5 nitrogen and oxygen atoms in total. The van der Waals surface area contributed by atoms with Crippen LogP contribution in [0.25, 0.3) is 0 Å². The summed E-state index contributed by atoms with van der Waals surface area (Å²) in [6.07, 6.45) is 3.36. The molecule has 0 fully saturated rings. The average Bonchev–Trinajstić information content (AvgIpc) is 3.09. The number of rotatable bonds is 5. The lowest BCUT2D eigenvalue weighted by molar-refractivity contribution is -0.118. The molecule has 25 heavy (non-hydrogen) atoms. The molecule has 2 aromatic carbocycles. The number of carbonyl (C=O) groups is 2. The molecular formula is C20H21NO4. The third-order valence-corrected chi connectivity index (χ3v) is 4.37. The van der Waals surface area contributed by atoms with E-state index in [1.807, 2.05) is 19.1 Å². The van der Waals surface area contributed by atoms with Gasteiger partial charge in [-0.2, -0.15) is 0 Å². The first-order valence-corrected chi connectivity index (χ1v) is 8.30. The summed E-state index contributed by atoms with van der Waals surface area (Å²) < 4.78 is 10.3. The molecule has 1 amide bonds. The van der Waals surface area contributed by atoms with Crippen LogP contribution in [0, 0.1) is 6.92 Å². The summed E-state index contributed by atoms with van der Waals surface area (Å²) in [5.74, 6) is -0.00802. The van der Waals surface area contributed by atoms with Gasteiger partial charge in [-0.1, -0.05) is 12.1 Å². The molecule has 0 saturated carbocycles. The molecule has 3 rings (SSSR count). The van der Waals surface area contributed by atoms with Crippen molar-refractivity contribution in [2.75, 3.05) is 19.0 Å². The Balaban J connectivity index is 1.62. The van der Waals surface area contributed by atoms with Gasteiger partial charge in [-0.05, 0) is 67.1 Å². The van der Waals surface area contributed by atoms with Crippen LogP contribution < -0.4 is 10.1 Å². The van der Waals surface area contributed by atoms with Crippen molar-refractivity contribution in [1.29, 1.82) is 0 Å². The second kappa shape index (κ2) is 7.38. The Morgan fingerprint density at radius 1 is 1.08 bits per heavy atom. The second-order valence-electron chi connectivity index (χ2n) is 6.14. The third kappa shape index (κ3) is 3.99. The predicted molar refractivity (Wildman–Crippen MR) is 95.1 cm³/mol. The van der Waals surface area contributed by atoms with Gasteiger partial charge in [0.25, 0.3) is 5.91 Å². The standard InChI is InChI=1S/C20H21NO4/c1-13-6-7-16(20(23)24-2)11-18(13)21-19(22)12-25-17-9-8-14-4-3-5-15(14)10-17/h6-11H,3-5,12H2,1-2H3,(H,21,22). The highest BCUT2D eigenvalue weighted by molar-refractivity contribution is 5.95. The molecule has 5 heteroatoms. The van der Waals surface area contributed by atoms with E-state index in [0.29, 0.717) is 17.0 Å². The summed E-state index contributed by atoms with van der Waals surface area (Å²) in [7, 11) is 1.32. The number of fused-ring (bicyclic) bond motifs is 1. The maximum Gasteiger partial charge on any atom is 0.337 e. The molecule has 0 heterocycles. The van der Waals surface area contributed by atoms with Crippen molar-refractivity contribution in [1.82, 2.24) is 0 Å². The van der Waals surface area contributed by atoms with E-state index in [1.165, 1.54) is 24.7 Å². The lowest BCUT2D eigenvalue weighted by Gasteiger charge is -2.11. The summed E-state index contributed by atoms with van der Waals surface area (Å²) in [5.41, 5.74) is 4.50. The number of benzene rings is 2. The molecule has 1 aliphatic rings. The number of esters is 1. The van der Waals surface area contributed by atoms with Crippen LogP contribution in [0.5, 0.6) is 5.75 Å². The predicted octanol–water partition coefficient (Wildman–Crippen LogP) is 3.29. The fourth-order valence-electron chi connectivity index (χ4n) is 2.97. The van der Waals surface area contributed by atoms with Crippen LogP contribution in [0.1, 0.15) is 33.5 Å². The number of aryl methyl sites for hydroxylation is 3. The van der Waals surface area contributed by atoms with E-state index in [1.54, 1.807) is 18.2 Å².